The molecule has 0 atom stereocenters. The first kappa shape index (κ1) is 11.8. The van der Waals surface area contributed by atoms with E-state index in [-0.39, 0.29) is 11.3 Å². The third-order valence-electron chi connectivity index (χ3n) is 2.29. The van der Waals surface area contributed by atoms with Gasteiger partial charge < -0.3 is 9.47 Å². The van der Waals surface area contributed by atoms with Crippen LogP contribution >= 0.6 is 0 Å². The van der Waals surface area contributed by atoms with Gasteiger partial charge in [-0.3, -0.25) is 4.79 Å². The Balaban J connectivity index is 2.68. The van der Waals surface area contributed by atoms with Gasteiger partial charge in [0.15, 0.2) is 0 Å². The number of imidazole rings is 1. The Morgan fingerprint density at radius 3 is 2.53 bits per heavy atom. The molecule has 0 bridgehead atoms. The van der Waals surface area contributed by atoms with Crippen molar-refractivity contribution in [3.63, 3.8) is 0 Å². The molecule has 84 valence electrons. The zero-order chi connectivity index (χ0) is 11.6. The fraction of sp³-hybridized carbons (Fsp3) is 0.636. The molecule has 4 nitrogen and oxygen atoms in total. The molecule has 1 aromatic rings. The molecular formula is C11H19N3O. The van der Waals surface area contributed by atoms with Crippen LogP contribution in [0, 0.1) is 5.41 Å². The van der Waals surface area contributed by atoms with Crippen molar-refractivity contribution in [2.75, 3.05) is 7.05 Å². The lowest BCUT2D eigenvalue weighted by atomic mass is 9.95. The zero-order valence-electron chi connectivity index (χ0n) is 10.1. The Morgan fingerprint density at radius 1 is 1.53 bits per heavy atom. The van der Waals surface area contributed by atoms with Crippen molar-refractivity contribution in [3.05, 3.63) is 18.2 Å². The van der Waals surface area contributed by atoms with Crippen LogP contribution in [0.3, 0.4) is 0 Å². The maximum Gasteiger partial charge on any atom is 0.228 e. The molecule has 1 aromatic heterocycles. The van der Waals surface area contributed by atoms with Gasteiger partial charge in [-0.15, -0.1) is 0 Å². The van der Waals surface area contributed by atoms with E-state index in [9.17, 15) is 4.79 Å². The third kappa shape index (κ3) is 2.81. The first-order chi connectivity index (χ1) is 6.82. The molecule has 0 aliphatic carbocycles. The molecule has 1 rings (SSSR count). The predicted molar refractivity (Wildman–Crippen MR) is 59.1 cm³/mol. The molecule has 0 N–H and O–H groups in total. The summed E-state index contributed by atoms with van der Waals surface area (Å²) in [6.45, 7) is 6.32. The standard InChI is InChI=1S/C11H19N3O/c1-11(2,3)10(15)14(5)8-9-12-6-7-13(9)4/h6-7H,8H2,1-5H3. The number of aromatic nitrogens is 2. The summed E-state index contributed by atoms with van der Waals surface area (Å²) in [6.07, 6.45) is 3.62. The normalized spacial score (nSPS) is 11.5. The summed E-state index contributed by atoms with van der Waals surface area (Å²) in [5, 5.41) is 0. The van der Waals surface area contributed by atoms with Gasteiger partial charge in [-0.25, -0.2) is 4.98 Å². The highest BCUT2D eigenvalue weighted by molar-refractivity contribution is 5.81. The van der Waals surface area contributed by atoms with Crippen LogP contribution in [0.15, 0.2) is 12.4 Å². The van der Waals surface area contributed by atoms with Crippen LogP contribution in [0.1, 0.15) is 26.6 Å². The van der Waals surface area contributed by atoms with E-state index in [1.807, 2.05) is 45.6 Å². The van der Waals surface area contributed by atoms with Gasteiger partial charge in [0.1, 0.15) is 5.82 Å². The third-order valence-corrected chi connectivity index (χ3v) is 2.29. The summed E-state index contributed by atoms with van der Waals surface area (Å²) in [5.41, 5.74) is -0.333. The molecule has 4 heteroatoms. The lowest BCUT2D eigenvalue weighted by Crippen LogP contribution is -2.36. The minimum absolute atomic E-state index is 0.130. The molecule has 0 saturated carbocycles. The van der Waals surface area contributed by atoms with Crippen molar-refractivity contribution >= 4 is 5.91 Å². The van der Waals surface area contributed by atoms with E-state index in [1.165, 1.54) is 0 Å². The number of carbonyl (C=O) groups excluding carboxylic acids is 1. The lowest BCUT2D eigenvalue weighted by molar-refractivity contribution is -0.138. The molecule has 0 radical (unpaired) electrons. The van der Waals surface area contributed by atoms with Gasteiger partial charge in [-0.05, 0) is 0 Å². The molecule has 0 aliphatic rings. The first-order valence-corrected chi connectivity index (χ1v) is 5.04. The maximum atomic E-state index is 11.9. The van der Waals surface area contributed by atoms with Crippen LogP contribution < -0.4 is 0 Å². The summed E-state index contributed by atoms with van der Waals surface area (Å²) in [7, 11) is 3.74. The van der Waals surface area contributed by atoms with Crippen molar-refractivity contribution in [1.82, 2.24) is 14.5 Å². The number of hydrogen-bond donors (Lipinski definition) is 0. The van der Waals surface area contributed by atoms with Gasteiger partial charge in [-0.2, -0.15) is 0 Å². The first-order valence-electron chi connectivity index (χ1n) is 5.04. The summed E-state index contributed by atoms with van der Waals surface area (Å²) < 4.78 is 1.92. The van der Waals surface area contributed by atoms with Crippen LogP contribution in [0.25, 0.3) is 0 Å². The summed E-state index contributed by atoms with van der Waals surface area (Å²) in [6, 6.07) is 0. The Morgan fingerprint density at radius 2 is 2.13 bits per heavy atom. The Labute approximate surface area is 90.9 Å². The Kier molecular flexibility index (Phi) is 3.17. The molecule has 0 aromatic carbocycles. The quantitative estimate of drug-likeness (QED) is 0.739. The van der Waals surface area contributed by atoms with Crippen LogP contribution in [0.2, 0.25) is 0 Å². The predicted octanol–water partition coefficient (Wildman–Crippen LogP) is 1.42. The zero-order valence-corrected chi connectivity index (χ0v) is 10.1. The monoisotopic (exact) mass is 209 g/mol. The lowest BCUT2D eigenvalue weighted by Gasteiger charge is -2.25. The van der Waals surface area contributed by atoms with E-state index < -0.39 is 0 Å². The van der Waals surface area contributed by atoms with Crippen molar-refractivity contribution in [1.29, 1.82) is 0 Å². The van der Waals surface area contributed by atoms with Crippen molar-refractivity contribution in [2.45, 2.75) is 27.3 Å². The molecule has 0 unspecified atom stereocenters. The van der Waals surface area contributed by atoms with Gasteiger partial charge in [0.05, 0.1) is 6.54 Å². The van der Waals surface area contributed by atoms with E-state index in [1.54, 1.807) is 11.1 Å². The average Bonchev–Trinajstić information content (AvgIpc) is 2.49. The number of rotatable bonds is 2. The summed E-state index contributed by atoms with van der Waals surface area (Å²) in [4.78, 5) is 17.8. The second-order valence-corrected chi connectivity index (χ2v) is 4.87. The van der Waals surface area contributed by atoms with Crippen LogP contribution in [-0.2, 0) is 18.4 Å². The highest BCUT2D eigenvalue weighted by Crippen LogP contribution is 2.17. The fourth-order valence-electron chi connectivity index (χ4n) is 1.41. The minimum Gasteiger partial charge on any atom is -0.338 e. The Hall–Kier alpha value is -1.32. The summed E-state index contributed by atoms with van der Waals surface area (Å²) in [5.74, 6) is 1.03. The highest BCUT2D eigenvalue weighted by atomic mass is 16.2. The fourth-order valence-corrected chi connectivity index (χ4v) is 1.41. The second-order valence-electron chi connectivity index (χ2n) is 4.87. The molecular weight excluding hydrogens is 190 g/mol. The summed E-state index contributed by atoms with van der Waals surface area (Å²) >= 11 is 0. The molecule has 15 heavy (non-hydrogen) atoms. The van der Waals surface area contributed by atoms with Crippen molar-refractivity contribution < 1.29 is 4.79 Å². The van der Waals surface area contributed by atoms with E-state index in [0.29, 0.717) is 6.54 Å². The maximum absolute atomic E-state index is 11.9. The second kappa shape index (κ2) is 4.04. The average molecular weight is 209 g/mol. The highest BCUT2D eigenvalue weighted by Gasteiger charge is 2.25. The van der Waals surface area contributed by atoms with Crippen LogP contribution in [0.5, 0.6) is 0 Å². The molecule has 1 amide bonds. The van der Waals surface area contributed by atoms with Crippen LogP contribution in [-0.4, -0.2) is 27.4 Å². The molecule has 0 saturated heterocycles. The van der Waals surface area contributed by atoms with Crippen LogP contribution in [0.4, 0.5) is 0 Å². The van der Waals surface area contributed by atoms with E-state index in [4.69, 9.17) is 0 Å². The number of carbonyl (C=O) groups is 1. The number of nitrogens with zero attached hydrogens (tertiary/aromatic N) is 3. The molecule has 0 fully saturated rings. The van der Waals surface area contributed by atoms with Crippen molar-refractivity contribution in [2.24, 2.45) is 12.5 Å². The van der Waals surface area contributed by atoms with E-state index in [0.717, 1.165) is 5.82 Å². The molecule has 0 spiro atoms. The number of hydrogen-bond acceptors (Lipinski definition) is 2. The van der Waals surface area contributed by atoms with Gasteiger partial charge in [0.2, 0.25) is 5.91 Å². The number of aryl methyl sites for hydroxylation is 1. The minimum atomic E-state index is -0.333. The van der Waals surface area contributed by atoms with Crippen molar-refractivity contribution in [3.8, 4) is 0 Å². The number of amides is 1. The molecule has 1 heterocycles. The SMILES string of the molecule is CN(Cc1nccn1C)C(=O)C(C)(C)C. The Bertz CT molecular complexity index is 349. The van der Waals surface area contributed by atoms with E-state index >= 15 is 0 Å². The largest absolute Gasteiger partial charge is 0.338 e. The smallest absolute Gasteiger partial charge is 0.228 e. The van der Waals surface area contributed by atoms with E-state index in [2.05, 4.69) is 4.98 Å². The van der Waals surface area contributed by atoms with Gasteiger partial charge >= 0.3 is 0 Å². The van der Waals surface area contributed by atoms with Gasteiger partial charge in [0, 0.05) is 31.9 Å². The molecule has 0 aliphatic heterocycles. The van der Waals surface area contributed by atoms with Gasteiger partial charge in [0.25, 0.3) is 0 Å². The van der Waals surface area contributed by atoms with Gasteiger partial charge in [-0.1, -0.05) is 20.8 Å². The topological polar surface area (TPSA) is 38.1 Å².